The predicted molar refractivity (Wildman–Crippen MR) is 121 cm³/mol. The lowest BCUT2D eigenvalue weighted by atomic mass is 10.0. The smallest absolute Gasteiger partial charge is 0.252 e. The van der Waals surface area contributed by atoms with Gasteiger partial charge in [0.05, 0.1) is 35.1 Å². The molecule has 0 bridgehead atoms. The maximum atomic E-state index is 12.1. The minimum absolute atomic E-state index is 0.120. The lowest BCUT2D eigenvalue weighted by Gasteiger charge is -2.19. The van der Waals surface area contributed by atoms with Crippen molar-refractivity contribution in [1.82, 2.24) is 20.4 Å². The number of nitrogens with two attached hydrogens (primary N) is 1. The average molecular weight is 419 g/mol. The molecule has 1 aromatic carbocycles. The number of benzene rings is 1. The van der Waals surface area contributed by atoms with Crippen LogP contribution < -0.4 is 16.5 Å². The molecule has 1 atom stereocenters. The van der Waals surface area contributed by atoms with E-state index >= 15 is 0 Å². The second-order valence-electron chi connectivity index (χ2n) is 7.66. The van der Waals surface area contributed by atoms with Crippen LogP contribution in [0.2, 0.25) is 0 Å². The molecule has 8 heteroatoms. The number of aromatic nitrogens is 2. The topological polar surface area (TPSA) is 105 Å². The van der Waals surface area contributed by atoms with E-state index in [1.807, 2.05) is 54.8 Å². The van der Waals surface area contributed by atoms with E-state index in [0.29, 0.717) is 24.4 Å². The number of anilines is 1. The Labute approximate surface area is 181 Å². The number of rotatable bonds is 7. The molecule has 4 rings (SSSR count). The van der Waals surface area contributed by atoms with E-state index in [1.54, 1.807) is 7.11 Å². The van der Waals surface area contributed by atoms with Gasteiger partial charge in [0, 0.05) is 50.2 Å². The van der Waals surface area contributed by atoms with Gasteiger partial charge in [0.15, 0.2) is 0 Å². The van der Waals surface area contributed by atoms with Crippen molar-refractivity contribution in [2.24, 2.45) is 5.73 Å². The molecule has 3 aromatic rings. The van der Waals surface area contributed by atoms with Crippen molar-refractivity contribution in [3.63, 3.8) is 0 Å². The van der Waals surface area contributed by atoms with Crippen molar-refractivity contribution < 1.29 is 9.53 Å². The molecule has 3 heterocycles. The summed E-state index contributed by atoms with van der Waals surface area (Å²) in [6, 6.07) is 10.0. The first-order valence-electron chi connectivity index (χ1n) is 10.0. The molecule has 0 saturated carbocycles. The Kier molecular flexibility index (Phi) is 5.83. The lowest BCUT2D eigenvalue weighted by Crippen LogP contribution is -2.38. The van der Waals surface area contributed by atoms with Crippen LogP contribution in [0.4, 0.5) is 5.69 Å². The monoisotopic (exact) mass is 418 g/mol. The molecule has 1 aliphatic heterocycles. The molecule has 160 valence electrons. The van der Waals surface area contributed by atoms with Crippen molar-refractivity contribution in [2.75, 3.05) is 26.0 Å². The first-order valence-corrected chi connectivity index (χ1v) is 10.0. The first kappa shape index (κ1) is 20.8. The summed E-state index contributed by atoms with van der Waals surface area (Å²) in [4.78, 5) is 21.0. The van der Waals surface area contributed by atoms with Crippen molar-refractivity contribution in [2.45, 2.75) is 19.6 Å². The number of hydrazine groups is 1. The summed E-state index contributed by atoms with van der Waals surface area (Å²) >= 11 is 0. The van der Waals surface area contributed by atoms with Gasteiger partial charge in [0.25, 0.3) is 5.91 Å². The molecule has 2 aromatic heterocycles. The summed E-state index contributed by atoms with van der Waals surface area (Å²) in [5.74, 6) is -0.517. The Morgan fingerprint density at radius 2 is 2.03 bits per heavy atom. The van der Waals surface area contributed by atoms with Gasteiger partial charge in [0.1, 0.15) is 0 Å². The van der Waals surface area contributed by atoms with E-state index in [0.717, 1.165) is 27.7 Å². The Morgan fingerprint density at radius 3 is 2.68 bits per heavy atom. The van der Waals surface area contributed by atoms with Gasteiger partial charge in [-0.1, -0.05) is 12.1 Å². The zero-order valence-corrected chi connectivity index (χ0v) is 17.8. The number of nitrogens with one attached hydrogen (secondary N) is 2. The van der Waals surface area contributed by atoms with Gasteiger partial charge in [-0.2, -0.15) is 0 Å². The molecule has 0 saturated heterocycles. The van der Waals surface area contributed by atoms with Crippen LogP contribution in [-0.2, 0) is 11.3 Å². The van der Waals surface area contributed by atoms with Crippen LogP contribution in [0, 0.1) is 0 Å². The van der Waals surface area contributed by atoms with Crippen LogP contribution in [0.1, 0.15) is 23.0 Å². The van der Waals surface area contributed by atoms with Gasteiger partial charge in [-0.15, -0.1) is 0 Å². The number of ether oxygens (including phenoxy) is 1. The fraction of sp³-hybridized carbons (Fsp3) is 0.261. The number of carbonyl (C=O) groups is 1. The standard InChI is InChI=1S/C23H26N6O2/c1-14-12-29(2)28-21(14)11-27-22-18-8-15(16-4-6-17(13-31-3)25-9-16)5-7-20(18)26-10-19(22)23(24)30/h4-10,12,21,28H,11,13H2,1-3H3,(H2,24,30)(H,26,27). The van der Waals surface area contributed by atoms with Crippen LogP contribution in [0.3, 0.4) is 0 Å². The quantitative estimate of drug-likeness (QED) is 0.542. The molecular weight excluding hydrogens is 392 g/mol. The second kappa shape index (κ2) is 8.71. The van der Waals surface area contributed by atoms with E-state index in [1.165, 1.54) is 11.8 Å². The van der Waals surface area contributed by atoms with Crippen LogP contribution in [0.25, 0.3) is 22.0 Å². The molecule has 1 aliphatic rings. The van der Waals surface area contributed by atoms with Crippen molar-refractivity contribution in [3.05, 3.63) is 65.8 Å². The van der Waals surface area contributed by atoms with Gasteiger partial charge < -0.3 is 20.8 Å². The largest absolute Gasteiger partial charge is 0.382 e. The second-order valence-corrected chi connectivity index (χ2v) is 7.66. The third-order valence-corrected chi connectivity index (χ3v) is 5.37. The molecule has 0 aliphatic carbocycles. The van der Waals surface area contributed by atoms with E-state index < -0.39 is 5.91 Å². The molecule has 31 heavy (non-hydrogen) atoms. The Balaban J connectivity index is 1.71. The zero-order chi connectivity index (χ0) is 22.0. The van der Waals surface area contributed by atoms with Gasteiger partial charge in [0.2, 0.25) is 0 Å². The van der Waals surface area contributed by atoms with Crippen LogP contribution in [0.15, 0.2) is 54.5 Å². The summed E-state index contributed by atoms with van der Waals surface area (Å²) in [5, 5.41) is 6.20. The fourth-order valence-electron chi connectivity index (χ4n) is 3.77. The number of fused-ring (bicyclic) bond motifs is 1. The number of amides is 1. The SMILES string of the molecule is COCc1ccc(-c2ccc3ncc(C(N)=O)c(NCC4NN(C)C=C4C)c3c2)cn1. The zero-order valence-electron chi connectivity index (χ0n) is 17.8. The number of nitrogens with zero attached hydrogens (tertiary/aromatic N) is 3. The van der Waals surface area contributed by atoms with Gasteiger partial charge in [-0.3, -0.25) is 14.8 Å². The molecule has 1 amide bonds. The highest BCUT2D eigenvalue weighted by Gasteiger charge is 2.20. The fourth-order valence-corrected chi connectivity index (χ4v) is 3.77. The predicted octanol–water partition coefficient (Wildman–Crippen LogP) is 2.68. The number of hydrogen-bond acceptors (Lipinski definition) is 7. The highest BCUT2D eigenvalue weighted by molar-refractivity contribution is 6.07. The molecule has 0 fully saturated rings. The van der Waals surface area contributed by atoms with Gasteiger partial charge >= 0.3 is 0 Å². The Morgan fingerprint density at radius 1 is 1.23 bits per heavy atom. The minimum Gasteiger partial charge on any atom is -0.382 e. The highest BCUT2D eigenvalue weighted by Crippen LogP contribution is 2.31. The third-order valence-electron chi connectivity index (χ3n) is 5.37. The highest BCUT2D eigenvalue weighted by atomic mass is 16.5. The van der Waals surface area contributed by atoms with Gasteiger partial charge in [-0.25, -0.2) is 5.43 Å². The molecule has 0 radical (unpaired) electrons. The van der Waals surface area contributed by atoms with E-state index in [4.69, 9.17) is 10.5 Å². The summed E-state index contributed by atoms with van der Waals surface area (Å²) in [6.45, 7) is 3.14. The first-order chi connectivity index (χ1) is 15.0. The van der Waals surface area contributed by atoms with Crippen LogP contribution in [0.5, 0.6) is 0 Å². The Bertz CT molecular complexity index is 1140. The van der Waals surface area contributed by atoms with E-state index in [9.17, 15) is 4.79 Å². The molecular formula is C23H26N6O2. The third kappa shape index (κ3) is 4.35. The maximum absolute atomic E-state index is 12.1. The normalized spacial score (nSPS) is 15.9. The summed E-state index contributed by atoms with van der Waals surface area (Å²) in [5.41, 5.74) is 14.9. The summed E-state index contributed by atoms with van der Waals surface area (Å²) in [6.07, 6.45) is 5.40. The summed E-state index contributed by atoms with van der Waals surface area (Å²) < 4.78 is 5.13. The number of carbonyl (C=O) groups excluding carboxylic acids is 1. The Hall–Kier alpha value is -3.49. The number of pyridine rings is 2. The van der Waals surface area contributed by atoms with Crippen molar-refractivity contribution in [3.8, 4) is 11.1 Å². The van der Waals surface area contributed by atoms with Crippen LogP contribution >= 0.6 is 0 Å². The molecule has 1 unspecified atom stereocenters. The molecule has 8 nitrogen and oxygen atoms in total. The van der Waals surface area contributed by atoms with Crippen molar-refractivity contribution >= 4 is 22.5 Å². The number of primary amides is 1. The number of hydrogen-bond donors (Lipinski definition) is 3. The van der Waals surface area contributed by atoms with Crippen LogP contribution in [-0.4, -0.2) is 47.6 Å². The average Bonchev–Trinajstić information content (AvgIpc) is 3.09. The summed E-state index contributed by atoms with van der Waals surface area (Å²) in [7, 11) is 3.60. The van der Waals surface area contributed by atoms with E-state index in [-0.39, 0.29) is 6.04 Å². The maximum Gasteiger partial charge on any atom is 0.252 e. The van der Waals surface area contributed by atoms with Crippen molar-refractivity contribution in [1.29, 1.82) is 0 Å². The van der Waals surface area contributed by atoms with E-state index in [2.05, 4.69) is 27.6 Å². The minimum atomic E-state index is -0.517. The molecule has 0 spiro atoms. The number of methoxy groups -OCH3 is 1. The lowest BCUT2D eigenvalue weighted by molar-refractivity contribution is 0.100. The van der Waals surface area contributed by atoms with Gasteiger partial charge in [-0.05, 0) is 36.3 Å². The molecule has 4 N–H and O–H groups in total.